The summed E-state index contributed by atoms with van der Waals surface area (Å²) in [7, 11) is 1.95. The van der Waals surface area contributed by atoms with Gasteiger partial charge in [0.05, 0.1) is 11.2 Å². The Bertz CT molecular complexity index is 1290. The van der Waals surface area contributed by atoms with E-state index in [4.69, 9.17) is 16.6 Å². The lowest BCUT2D eigenvalue weighted by atomic mass is 9.88. The fourth-order valence-electron chi connectivity index (χ4n) is 6.37. The van der Waals surface area contributed by atoms with Crippen molar-refractivity contribution in [2.45, 2.75) is 75.4 Å². The molecule has 176 valence electrons. The Labute approximate surface area is 205 Å². The molecule has 2 bridgehead atoms. The SMILES string of the molecule is Cc1nc([C@@H]2C[C@H]2c2ccc(C(=O)N(C)[C@H]3C[C@@H]4CC[C@](C)(C3)N4)cc2Cl)c2ccccc2n1. The molecule has 2 aromatic carbocycles. The topological polar surface area (TPSA) is 58.1 Å². The van der Waals surface area contributed by atoms with Crippen LogP contribution in [0.3, 0.4) is 0 Å². The molecule has 1 saturated carbocycles. The summed E-state index contributed by atoms with van der Waals surface area (Å²) >= 11 is 6.77. The fraction of sp³-hybridized carbons (Fsp3) is 0.464. The standard InChI is InChI=1S/C28H31ClN4O/c1-16-30-25-7-5-4-6-21(25)26(31-16)23-14-22(23)20-9-8-17(12-24(20)29)27(34)33(3)19-13-18-10-11-28(2,15-19)32-18/h4-9,12,18-19,22-23,32H,10-11,13-15H2,1-3H3/t18-,19-,22-,23+,28+/m0/s1. The number of hydrogen-bond acceptors (Lipinski definition) is 4. The van der Waals surface area contributed by atoms with Crippen LogP contribution in [0.25, 0.3) is 10.9 Å². The zero-order chi connectivity index (χ0) is 23.6. The van der Waals surface area contributed by atoms with Gasteiger partial charge in [-0.1, -0.05) is 35.9 Å². The van der Waals surface area contributed by atoms with Crippen LogP contribution in [0.4, 0.5) is 0 Å². The van der Waals surface area contributed by atoms with Gasteiger partial charge in [-0.2, -0.15) is 0 Å². The Balaban J connectivity index is 1.21. The number of fused-ring (bicyclic) bond motifs is 3. The summed E-state index contributed by atoms with van der Waals surface area (Å²) < 4.78 is 0. The smallest absolute Gasteiger partial charge is 0.253 e. The van der Waals surface area contributed by atoms with E-state index in [1.165, 1.54) is 12.8 Å². The van der Waals surface area contributed by atoms with E-state index >= 15 is 0 Å². The normalized spacial score (nSPS) is 29.9. The maximum absolute atomic E-state index is 13.3. The van der Waals surface area contributed by atoms with Crippen LogP contribution in [0.1, 0.15) is 78.3 Å². The van der Waals surface area contributed by atoms with Crippen LogP contribution in [-0.4, -0.2) is 45.4 Å². The Kier molecular flexibility index (Phi) is 5.19. The van der Waals surface area contributed by atoms with Gasteiger partial charge < -0.3 is 10.2 Å². The molecule has 34 heavy (non-hydrogen) atoms. The molecular weight excluding hydrogens is 444 g/mol. The average molecular weight is 475 g/mol. The predicted molar refractivity (Wildman–Crippen MR) is 136 cm³/mol. The van der Waals surface area contributed by atoms with Crippen molar-refractivity contribution in [1.82, 2.24) is 20.2 Å². The first-order chi connectivity index (χ1) is 16.3. The van der Waals surface area contributed by atoms with Crippen LogP contribution in [0.5, 0.6) is 0 Å². The number of aromatic nitrogens is 2. The number of amides is 1. The molecule has 5 nitrogen and oxygen atoms in total. The fourth-order valence-corrected chi connectivity index (χ4v) is 6.69. The second-order valence-corrected chi connectivity index (χ2v) is 11.2. The molecule has 1 amide bonds. The van der Waals surface area contributed by atoms with Crippen molar-refractivity contribution >= 4 is 28.4 Å². The van der Waals surface area contributed by atoms with E-state index in [-0.39, 0.29) is 17.5 Å². The minimum absolute atomic E-state index is 0.0631. The molecule has 3 aromatic rings. The highest BCUT2D eigenvalue weighted by Crippen LogP contribution is 2.56. The molecule has 1 N–H and O–H groups in total. The second-order valence-electron chi connectivity index (χ2n) is 10.8. The number of halogens is 1. The number of aryl methyl sites for hydroxylation is 1. The highest BCUT2D eigenvalue weighted by atomic mass is 35.5. The van der Waals surface area contributed by atoms with Crippen molar-refractivity contribution in [2.24, 2.45) is 0 Å². The lowest BCUT2D eigenvalue weighted by Gasteiger charge is -2.40. The minimum atomic E-state index is 0.0631. The van der Waals surface area contributed by atoms with Gasteiger partial charge in [0.15, 0.2) is 0 Å². The lowest BCUT2D eigenvalue weighted by molar-refractivity contribution is 0.0648. The maximum Gasteiger partial charge on any atom is 0.253 e. The summed E-state index contributed by atoms with van der Waals surface area (Å²) in [5, 5.41) is 5.53. The van der Waals surface area contributed by atoms with Gasteiger partial charge in [-0.05, 0) is 75.6 Å². The number of carbonyl (C=O) groups is 1. The molecule has 6 rings (SSSR count). The number of piperidine rings is 1. The zero-order valence-corrected chi connectivity index (χ0v) is 20.8. The van der Waals surface area contributed by atoms with Crippen LogP contribution < -0.4 is 5.32 Å². The van der Waals surface area contributed by atoms with E-state index in [1.54, 1.807) is 0 Å². The lowest BCUT2D eigenvalue weighted by Crippen LogP contribution is -2.54. The van der Waals surface area contributed by atoms with Crippen molar-refractivity contribution in [1.29, 1.82) is 0 Å². The number of benzene rings is 2. The molecule has 3 fully saturated rings. The van der Waals surface area contributed by atoms with Crippen LogP contribution in [-0.2, 0) is 0 Å². The third kappa shape index (κ3) is 3.79. The number of nitrogens with zero attached hydrogens (tertiary/aromatic N) is 3. The summed E-state index contributed by atoms with van der Waals surface area (Å²) in [4.78, 5) is 24.6. The van der Waals surface area contributed by atoms with Gasteiger partial charge in [-0.3, -0.25) is 4.79 Å². The number of nitrogens with one attached hydrogen (secondary N) is 1. The molecule has 0 unspecified atom stereocenters. The van der Waals surface area contributed by atoms with E-state index in [2.05, 4.69) is 29.4 Å². The summed E-state index contributed by atoms with van der Waals surface area (Å²) in [6.07, 6.45) is 5.45. The first-order valence-corrected chi connectivity index (χ1v) is 12.8. The van der Waals surface area contributed by atoms with Crippen molar-refractivity contribution in [2.75, 3.05) is 7.05 Å². The summed E-state index contributed by atoms with van der Waals surface area (Å²) in [6.45, 7) is 4.24. The Morgan fingerprint density at radius 3 is 2.76 bits per heavy atom. The number of rotatable bonds is 4. The van der Waals surface area contributed by atoms with E-state index in [0.29, 0.717) is 28.5 Å². The quantitative estimate of drug-likeness (QED) is 0.534. The molecular formula is C28H31ClN4O. The summed E-state index contributed by atoms with van der Waals surface area (Å²) in [5.41, 5.74) is 4.05. The number of hydrogen-bond donors (Lipinski definition) is 1. The van der Waals surface area contributed by atoms with E-state index < -0.39 is 0 Å². The van der Waals surface area contributed by atoms with Crippen molar-refractivity contribution in [3.63, 3.8) is 0 Å². The molecule has 5 atom stereocenters. The van der Waals surface area contributed by atoms with Gasteiger partial charge in [0.1, 0.15) is 5.82 Å². The third-order valence-electron chi connectivity index (χ3n) is 8.24. The van der Waals surface area contributed by atoms with Crippen LogP contribution in [0.2, 0.25) is 5.02 Å². The Morgan fingerprint density at radius 1 is 1.15 bits per heavy atom. The Morgan fingerprint density at radius 2 is 1.97 bits per heavy atom. The molecule has 0 radical (unpaired) electrons. The molecule has 2 aliphatic heterocycles. The first kappa shape index (κ1) is 22.0. The van der Waals surface area contributed by atoms with Crippen LogP contribution in [0.15, 0.2) is 42.5 Å². The molecule has 1 aliphatic carbocycles. The van der Waals surface area contributed by atoms with E-state index in [1.807, 2.05) is 49.2 Å². The predicted octanol–water partition coefficient (Wildman–Crippen LogP) is 5.61. The van der Waals surface area contributed by atoms with Crippen molar-refractivity contribution < 1.29 is 4.79 Å². The summed E-state index contributed by atoms with van der Waals surface area (Å²) in [6, 6.07) is 14.9. The molecule has 6 heteroatoms. The summed E-state index contributed by atoms with van der Waals surface area (Å²) in [5.74, 6) is 1.52. The largest absolute Gasteiger partial charge is 0.339 e. The highest BCUT2D eigenvalue weighted by molar-refractivity contribution is 6.31. The highest BCUT2D eigenvalue weighted by Gasteiger charge is 2.45. The Hall–Kier alpha value is -2.50. The van der Waals surface area contributed by atoms with Gasteiger partial charge in [0.25, 0.3) is 5.91 Å². The molecule has 1 aromatic heterocycles. The van der Waals surface area contributed by atoms with Crippen LogP contribution in [0, 0.1) is 6.92 Å². The second kappa shape index (κ2) is 8.03. The van der Waals surface area contributed by atoms with Gasteiger partial charge in [0, 0.05) is 46.6 Å². The minimum Gasteiger partial charge on any atom is -0.339 e. The number of para-hydroxylation sites is 1. The maximum atomic E-state index is 13.3. The molecule has 2 saturated heterocycles. The van der Waals surface area contributed by atoms with Crippen molar-refractivity contribution in [3.8, 4) is 0 Å². The average Bonchev–Trinajstić information content (AvgIpc) is 3.56. The monoisotopic (exact) mass is 474 g/mol. The van der Waals surface area contributed by atoms with E-state index in [0.717, 1.165) is 47.2 Å². The van der Waals surface area contributed by atoms with Crippen LogP contribution >= 0.6 is 11.6 Å². The van der Waals surface area contributed by atoms with Gasteiger partial charge >= 0.3 is 0 Å². The third-order valence-corrected chi connectivity index (χ3v) is 8.57. The van der Waals surface area contributed by atoms with Gasteiger partial charge in [-0.25, -0.2) is 9.97 Å². The van der Waals surface area contributed by atoms with Gasteiger partial charge in [-0.15, -0.1) is 0 Å². The van der Waals surface area contributed by atoms with Crippen molar-refractivity contribution in [3.05, 3.63) is 70.1 Å². The molecule has 3 aliphatic rings. The van der Waals surface area contributed by atoms with E-state index in [9.17, 15) is 4.79 Å². The zero-order valence-electron chi connectivity index (χ0n) is 20.0. The number of carbonyl (C=O) groups excluding carboxylic acids is 1. The first-order valence-electron chi connectivity index (χ1n) is 12.4. The molecule has 0 spiro atoms. The van der Waals surface area contributed by atoms with Gasteiger partial charge in [0.2, 0.25) is 0 Å². The molecule has 3 heterocycles.